The Balaban J connectivity index is 1.72. The first-order valence-corrected chi connectivity index (χ1v) is 7.55. The first-order valence-electron chi connectivity index (χ1n) is 7.55. The summed E-state index contributed by atoms with van der Waals surface area (Å²) in [7, 11) is 0. The largest absolute Gasteiger partial charge is 0.323 e. The highest BCUT2D eigenvalue weighted by Gasteiger charge is 2.01. The lowest BCUT2D eigenvalue weighted by Gasteiger charge is -2.03. The highest BCUT2D eigenvalue weighted by Crippen LogP contribution is 2.17. The van der Waals surface area contributed by atoms with E-state index in [0.29, 0.717) is 12.1 Å². The van der Waals surface area contributed by atoms with E-state index in [0.717, 1.165) is 22.0 Å². The summed E-state index contributed by atoms with van der Waals surface area (Å²) >= 11 is 0. The standard InChI is InChI=1S/C20H15N3O/c21-13-12-15-6-9-18(10-7-15)23-19(24)11-8-17-4-1-3-16-5-2-14-22-20(16)17/h1-11,14H,12H2,(H,23,24)/b11-8+. The number of rotatable bonds is 4. The van der Waals surface area contributed by atoms with Crippen molar-refractivity contribution in [2.45, 2.75) is 6.42 Å². The van der Waals surface area contributed by atoms with Gasteiger partial charge in [-0.2, -0.15) is 5.26 Å². The van der Waals surface area contributed by atoms with Gasteiger partial charge >= 0.3 is 0 Å². The van der Waals surface area contributed by atoms with Crippen LogP contribution < -0.4 is 5.32 Å². The van der Waals surface area contributed by atoms with Crippen molar-refractivity contribution in [1.82, 2.24) is 4.98 Å². The van der Waals surface area contributed by atoms with E-state index in [9.17, 15) is 4.79 Å². The monoisotopic (exact) mass is 313 g/mol. The van der Waals surface area contributed by atoms with E-state index >= 15 is 0 Å². The van der Waals surface area contributed by atoms with Crippen molar-refractivity contribution in [3.8, 4) is 6.07 Å². The number of para-hydroxylation sites is 1. The molecule has 1 N–H and O–H groups in total. The zero-order valence-electron chi connectivity index (χ0n) is 12.9. The van der Waals surface area contributed by atoms with Gasteiger partial charge in [-0.25, -0.2) is 0 Å². The third kappa shape index (κ3) is 3.65. The Labute approximate surface area is 140 Å². The van der Waals surface area contributed by atoms with Crippen LogP contribution in [0.2, 0.25) is 0 Å². The van der Waals surface area contributed by atoms with E-state index in [-0.39, 0.29) is 5.91 Å². The third-order valence-corrected chi connectivity index (χ3v) is 3.58. The Morgan fingerprint density at radius 2 is 1.92 bits per heavy atom. The fraction of sp³-hybridized carbons (Fsp3) is 0.0500. The highest BCUT2D eigenvalue weighted by molar-refractivity contribution is 6.03. The molecule has 24 heavy (non-hydrogen) atoms. The number of carbonyl (C=O) groups excluding carboxylic acids is 1. The minimum absolute atomic E-state index is 0.212. The molecule has 0 fully saturated rings. The van der Waals surface area contributed by atoms with Crippen LogP contribution >= 0.6 is 0 Å². The number of carbonyl (C=O) groups is 1. The van der Waals surface area contributed by atoms with Gasteiger partial charge < -0.3 is 5.32 Å². The molecular weight excluding hydrogens is 298 g/mol. The first kappa shape index (κ1) is 15.4. The molecule has 116 valence electrons. The number of nitrogens with zero attached hydrogens (tertiary/aromatic N) is 2. The maximum absolute atomic E-state index is 12.1. The van der Waals surface area contributed by atoms with Gasteiger partial charge in [0, 0.05) is 28.9 Å². The summed E-state index contributed by atoms with van der Waals surface area (Å²) in [6.45, 7) is 0. The van der Waals surface area contributed by atoms with E-state index in [1.807, 2.05) is 42.5 Å². The molecule has 0 radical (unpaired) electrons. The highest BCUT2D eigenvalue weighted by atomic mass is 16.1. The van der Waals surface area contributed by atoms with Crippen molar-refractivity contribution in [3.05, 3.63) is 78.0 Å². The Hall–Kier alpha value is -3.45. The Morgan fingerprint density at radius 3 is 2.71 bits per heavy atom. The average molecular weight is 313 g/mol. The molecule has 1 aromatic heterocycles. The lowest BCUT2D eigenvalue weighted by Crippen LogP contribution is -2.07. The molecule has 1 amide bonds. The van der Waals surface area contributed by atoms with Crippen LogP contribution in [-0.4, -0.2) is 10.9 Å². The van der Waals surface area contributed by atoms with Crippen molar-refractivity contribution in [2.24, 2.45) is 0 Å². The quantitative estimate of drug-likeness (QED) is 0.742. The summed E-state index contributed by atoms with van der Waals surface area (Å²) in [6.07, 6.45) is 5.35. The molecular formula is C20H15N3O. The van der Waals surface area contributed by atoms with Crippen LogP contribution in [0, 0.1) is 11.3 Å². The Morgan fingerprint density at radius 1 is 1.12 bits per heavy atom. The van der Waals surface area contributed by atoms with Gasteiger partial charge in [-0.3, -0.25) is 9.78 Å². The fourth-order valence-electron chi connectivity index (χ4n) is 2.41. The summed E-state index contributed by atoms with van der Waals surface area (Å²) in [5.41, 5.74) is 3.38. The molecule has 0 saturated heterocycles. The number of hydrogen-bond acceptors (Lipinski definition) is 3. The molecule has 0 aliphatic carbocycles. The van der Waals surface area contributed by atoms with Crippen molar-refractivity contribution >= 4 is 28.6 Å². The summed E-state index contributed by atoms with van der Waals surface area (Å²) in [4.78, 5) is 16.4. The van der Waals surface area contributed by atoms with Gasteiger partial charge in [0.05, 0.1) is 18.0 Å². The average Bonchev–Trinajstić information content (AvgIpc) is 2.62. The molecule has 0 spiro atoms. The molecule has 0 saturated carbocycles. The van der Waals surface area contributed by atoms with E-state index in [1.54, 1.807) is 24.4 Å². The van der Waals surface area contributed by atoms with Crippen LogP contribution in [0.1, 0.15) is 11.1 Å². The van der Waals surface area contributed by atoms with E-state index < -0.39 is 0 Å². The smallest absolute Gasteiger partial charge is 0.248 e. The van der Waals surface area contributed by atoms with Crippen LogP contribution in [0.3, 0.4) is 0 Å². The van der Waals surface area contributed by atoms with Gasteiger partial charge in [0.15, 0.2) is 0 Å². The summed E-state index contributed by atoms with van der Waals surface area (Å²) in [5, 5.41) is 12.5. The van der Waals surface area contributed by atoms with Crippen molar-refractivity contribution in [1.29, 1.82) is 5.26 Å². The van der Waals surface area contributed by atoms with Gasteiger partial charge in [0.2, 0.25) is 5.91 Å². The van der Waals surface area contributed by atoms with Crippen LogP contribution in [0.5, 0.6) is 0 Å². The molecule has 2 aromatic carbocycles. The predicted molar refractivity (Wildman–Crippen MR) is 95.2 cm³/mol. The van der Waals surface area contributed by atoms with Crippen molar-refractivity contribution in [3.63, 3.8) is 0 Å². The van der Waals surface area contributed by atoms with Crippen molar-refractivity contribution < 1.29 is 4.79 Å². The summed E-state index contributed by atoms with van der Waals surface area (Å²) in [6, 6.07) is 19.1. The molecule has 3 aromatic rings. The maximum atomic E-state index is 12.1. The predicted octanol–water partition coefficient (Wildman–Crippen LogP) is 3.95. The summed E-state index contributed by atoms with van der Waals surface area (Å²) < 4.78 is 0. The van der Waals surface area contributed by atoms with Crippen LogP contribution in [0.4, 0.5) is 5.69 Å². The molecule has 3 rings (SSSR count). The number of nitriles is 1. The zero-order valence-corrected chi connectivity index (χ0v) is 12.9. The zero-order chi connectivity index (χ0) is 16.8. The maximum Gasteiger partial charge on any atom is 0.248 e. The molecule has 0 bridgehead atoms. The van der Waals surface area contributed by atoms with Crippen LogP contribution in [0.15, 0.2) is 66.9 Å². The second-order valence-corrected chi connectivity index (χ2v) is 5.28. The van der Waals surface area contributed by atoms with Gasteiger partial charge in [-0.05, 0) is 29.8 Å². The third-order valence-electron chi connectivity index (χ3n) is 3.58. The molecule has 0 atom stereocenters. The molecule has 4 heteroatoms. The number of amides is 1. The van der Waals surface area contributed by atoms with Gasteiger partial charge in [0.1, 0.15) is 0 Å². The number of fused-ring (bicyclic) bond motifs is 1. The normalized spacial score (nSPS) is 10.6. The lowest BCUT2D eigenvalue weighted by atomic mass is 10.1. The van der Waals surface area contributed by atoms with Crippen LogP contribution in [0.25, 0.3) is 17.0 Å². The van der Waals surface area contributed by atoms with Crippen molar-refractivity contribution in [2.75, 3.05) is 5.32 Å². The van der Waals surface area contributed by atoms with E-state index in [4.69, 9.17) is 5.26 Å². The Kier molecular flexibility index (Phi) is 4.64. The topological polar surface area (TPSA) is 65.8 Å². The number of pyridine rings is 1. The van der Waals surface area contributed by atoms with Gasteiger partial charge in [-0.1, -0.05) is 36.4 Å². The second-order valence-electron chi connectivity index (χ2n) is 5.28. The van der Waals surface area contributed by atoms with Gasteiger partial charge in [0.25, 0.3) is 0 Å². The molecule has 0 unspecified atom stereocenters. The minimum Gasteiger partial charge on any atom is -0.323 e. The molecule has 0 aliphatic heterocycles. The SMILES string of the molecule is N#CCc1ccc(NC(=O)/C=C/c2cccc3cccnc23)cc1. The van der Waals surface area contributed by atoms with E-state index in [2.05, 4.69) is 16.4 Å². The van der Waals surface area contributed by atoms with Crippen LogP contribution in [-0.2, 0) is 11.2 Å². The number of anilines is 1. The number of aromatic nitrogens is 1. The number of benzene rings is 2. The molecule has 4 nitrogen and oxygen atoms in total. The first-order chi connectivity index (χ1) is 11.8. The molecule has 1 heterocycles. The number of nitrogens with one attached hydrogen (secondary N) is 1. The Bertz CT molecular complexity index is 932. The second kappa shape index (κ2) is 7.21. The van der Waals surface area contributed by atoms with Gasteiger partial charge in [-0.15, -0.1) is 0 Å². The van der Waals surface area contributed by atoms with E-state index in [1.165, 1.54) is 6.08 Å². The number of hydrogen-bond donors (Lipinski definition) is 1. The minimum atomic E-state index is -0.212. The lowest BCUT2D eigenvalue weighted by molar-refractivity contribution is -0.111. The molecule has 0 aliphatic rings. The summed E-state index contributed by atoms with van der Waals surface area (Å²) in [5.74, 6) is -0.212. The fourth-order valence-corrected chi connectivity index (χ4v) is 2.41.